The van der Waals surface area contributed by atoms with Crippen molar-refractivity contribution in [3.63, 3.8) is 0 Å². The maximum absolute atomic E-state index is 11.7. The van der Waals surface area contributed by atoms with Crippen molar-refractivity contribution in [1.29, 1.82) is 0 Å². The molecule has 1 heterocycles. The lowest BCUT2D eigenvalue weighted by Crippen LogP contribution is -2.01. The molecule has 0 aliphatic rings. The Hall–Kier alpha value is -1.13. The number of aromatic nitrogens is 1. The summed E-state index contributed by atoms with van der Waals surface area (Å²) in [6.07, 6.45) is 3.20. The Morgan fingerprint density at radius 2 is 1.94 bits per heavy atom. The summed E-state index contributed by atoms with van der Waals surface area (Å²) < 4.78 is 23.4. The topological polar surface area (TPSA) is 47.0 Å². The van der Waals surface area contributed by atoms with Gasteiger partial charge in [0.2, 0.25) is 0 Å². The Morgan fingerprint density at radius 3 is 2.53 bits per heavy atom. The van der Waals surface area contributed by atoms with Gasteiger partial charge in [0.25, 0.3) is 9.05 Å². The fourth-order valence-electron chi connectivity index (χ4n) is 1.88. The lowest BCUT2D eigenvalue weighted by molar-refractivity contribution is 0.608. The van der Waals surface area contributed by atoms with Crippen molar-refractivity contribution in [3.05, 3.63) is 36.2 Å². The molecule has 1 aromatic heterocycles. The van der Waals surface area contributed by atoms with E-state index in [2.05, 4.69) is 4.98 Å². The van der Waals surface area contributed by atoms with Gasteiger partial charge in [-0.05, 0) is 17.5 Å². The van der Waals surface area contributed by atoms with Crippen LogP contribution < -0.4 is 0 Å². The number of benzene rings is 1. The van der Waals surface area contributed by atoms with Crippen molar-refractivity contribution in [2.45, 2.75) is 24.7 Å². The first-order valence-corrected chi connectivity index (χ1v) is 7.53. The summed E-state index contributed by atoms with van der Waals surface area (Å²) in [5, 5.41) is 1.40. The van der Waals surface area contributed by atoms with E-state index in [1.54, 1.807) is 24.5 Å². The predicted octanol–water partition coefficient (Wildman–Crippen LogP) is 3.29. The van der Waals surface area contributed by atoms with Crippen LogP contribution in [0.5, 0.6) is 0 Å². The maximum atomic E-state index is 11.7. The third kappa shape index (κ3) is 2.28. The summed E-state index contributed by atoms with van der Waals surface area (Å²) >= 11 is 0. The standard InChI is InChI=1S/C12H12ClNO2S/c1-8(2)10-4-3-9-7-14-6-5-11(9)12(10)17(13,15)16/h3-8H,1-2H3. The molecule has 0 saturated carbocycles. The zero-order valence-electron chi connectivity index (χ0n) is 9.51. The van der Waals surface area contributed by atoms with Gasteiger partial charge >= 0.3 is 0 Å². The third-order valence-electron chi connectivity index (χ3n) is 2.67. The number of halogens is 1. The summed E-state index contributed by atoms with van der Waals surface area (Å²) in [6, 6.07) is 5.34. The molecule has 0 spiro atoms. The van der Waals surface area contributed by atoms with Crippen LogP contribution in [0.4, 0.5) is 0 Å². The van der Waals surface area contributed by atoms with Crippen LogP contribution in [-0.4, -0.2) is 13.4 Å². The second-order valence-electron chi connectivity index (χ2n) is 4.17. The van der Waals surface area contributed by atoms with Gasteiger partial charge in [-0.25, -0.2) is 8.42 Å². The molecule has 0 saturated heterocycles. The van der Waals surface area contributed by atoms with Crippen molar-refractivity contribution in [2.24, 2.45) is 0 Å². The first-order chi connectivity index (χ1) is 7.91. The lowest BCUT2D eigenvalue weighted by atomic mass is 10.00. The number of fused-ring (bicyclic) bond motifs is 1. The van der Waals surface area contributed by atoms with Gasteiger partial charge in [-0.3, -0.25) is 4.98 Å². The van der Waals surface area contributed by atoms with Gasteiger partial charge in [0.1, 0.15) is 0 Å². The summed E-state index contributed by atoms with van der Waals surface area (Å²) in [7, 11) is 1.78. The molecule has 1 aromatic carbocycles. The highest BCUT2D eigenvalue weighted by Gasteiger charge is 2.20. The largest absolute Gasteiger partial charge is 0.264 e. The van der Waals surface area contributed by atoms with Crippen molar-refractivity contribution in [3.8, 4) is 0 Å². The Kier molecular flexibility index (Phi) is 3.10. The number of nitrogens with zero attached hydrogens (tertiary/aromatic N) is 1. The van der Waals surface area contributed by atoms with Gasteiger partial charge in [0.15, 0.2) is 0 Å². The number of pyridine rings is 1. The Morgan fingerprint density at radius 1 is 1.24 bits per heavy atom. The maximum Gasteiger partial charge on any atom is 0.262 e. The minimum atomic E-state index is -3.76. The van der Waals surface area contributed by atoms with Crippen molar-refractivity contribution in [2.75, 3.05) is 0 Å². The molecule has 17 heavy (non-hydrogen) atoms. The highest BCUT2D eigenvalue weighted by molar-refractivity contribution is 8.14. The average Bonchev–Trinajstić information content (AvgIpc) is 2.26. The van der Waals surface area contributed by atoms with Crippen molar-refractivity contribution >= 4 is 30.5 Å². The van der Waals surface area contributed by atoms with E-state index in [4.69, 9.17) is 10.7 Å². The fourth-order valence-corrected chi connectivity index (χ4v) is 3.43. The molecule has 0 fully saturated rings. The van der Waals surface area contributed by atoms with Crippen molar-refractivity contribution in [1.82, 2.24) is 4.98 Å². The predicted molar refractivity (Wildman–Crippen MR) is 68.9 cm³/mol. The molecule has 0 aliphatic heterocycles. The van der Waals surface area contributed by atoms with E-state index in [0.717, 1.165) is 10.9 Å². The molecule has 0 unspecified atom stereocenters. The highest BCUT2D eigenvalue weighted by atomic mass is 35.7. The summed E-state index contributed by atoms with van der Waals surface area (Å²) in [5.74, 6) is 0.0936. The van der Waals surface area contributed by atoms with Gasteiger partial charge in [-0.1, -0.05) is 26.0 Å². The Labute approximate surface area is 105 Å². The lowest BCUT2D eigenvalue weighted by Gasteiger charge is -2.12. The zero-order valence-corrected chi connectivity index (χ0v) is 11.1. The minimum absolute atomic E-state index is 0.0936. The molecule has 3 nitrogen and oxygen atoms in total. The monoisotopic (exact) mass is 269 g/mol. The molecular formula is C12H12ClNO2S. The van der Waals surface area contributed by atoms with Gasteiger partial charge in [0.05, 0.1) is 4.90 Å². The van der Waals surface area contributed by atoms with Crippen LogP contribution in [0.2, 0.25) is 0 Å². The van der Waals surface area contributed by atoms with E-state index in [1.807, 2.05) is 19.9 Å². The van der Waals surface area contributed by atoms with Crippen LogP contribution in [0, 0.1) is 0 Å². The SMILES string of the molecule is CC(C)c1ccc2cnccc2c1S(=O)(=O)Cl. The van der Waals surface area contributed by atoms with E-state index in [1.165, 1.54) is 0 Å². The molecule has 2 aromatic rings. The van der Waals surface area contributed by atoms with E-state index in [0.29, 0.717) is 5.39 Å². The van der Waals surface area contributed by atoms with Crippen LogP contribution >= 0.6 is 10.7 Å². The highest BCUT2D eigenvalue weighted by Crippen LogP contribution is 2.32. The van der Waals surface area contributed by atoms with Crippen LogP contribution in [0.15, 0.2) is 35.5 Å². The Bertz CT molecular complexity index is 665. The molecule has 0 amide bonds. The Balaban J connectivity index is 2.95. The molecule has 0 radical (unpaired) electrons. The minimum Gasteiger partial charge on any atom is -0.264 e. The van der Waals surface area contributed by atoms with Gasteiger partial charge in [-0.2, -0.15) is 0 Å². The molecule has 2 rings (SSSR count). The second kappa shape index (κ2) is 4.27. The summed E-state index contributed by atoms with van der Waals surface area (Å²) in [6.45, 7) is 3.88. The van der Waals surface area contributed by atoms with E-state index < -0.39 is 9.05 Å². The average molecular weight is 270 g/mol. The molecular weight excluding hydrogens is 258 g/mol. The smallest absolute Gasteiger partial charge is 0.262 e. The van der Waals surface area contributed by atoms with E-state index >= 15 is 0 Å². The number of rotatable bonds is 2. The normalized spacial score (nSPS) is 12.2. The number of hydrogen-bond acceptors (Lipinski definition) is 3. The van der Waals surface area contributed by atoms with Crippen molar-refractivity contribution < 1.29 is 8.42 Å². The molecule has 0 atom stereocenters. The quantitative estimate of drug-likeness (QED) is 0.786. The van der Waals surface area contributed by atoms with Crippen LogP contribution in [0.3, 0.4) is 0 Å². The molecule has 5 heteroatoms. The van der Waals surface area contributed by atoms with Crippen LogP contribution in [0.1, 0.15) is 25.3 Å². The van der Waals surface area contributed by atoms with Gasteiger partial charge in [-0.15, -0.1) is 0 Å². The summed E-state index contributed by atoms with van der Waals surface area (Å²) in [4.78, 5) is 4.18. The first-order valence-electron chi connectivity index (χ1n) is 5.22. The van der Waals surface area contributed by atoms with Gasteiger partial charge in [0, 0.05) is 33.8 Å². The molecule has 90 valence electrons. The van der Waals surface area contributed by atoms with Gasteiger partial charge < -0.3 is 0 Å². The van der Waals surface area contributed by atoms with Crippen LogP contribution in [0.25, 0.3) is 10.8 Å². The molecule has 0 aliphatic carbocycles. The third-order valence-corrected chi connectivity index (χ3v) is 4.07. The second-order valence-corrected chi connectivity index (χ2v) is 6.68. The van der Waals surface area contributed by atoms with E-state index in [9.17, 15) is 8.42 Å². The molecule has 0 N–H and O–H groups in total. The van der Waals surface area contributed by atoms with Crippen LogP contribution in [-0.2, 0) is 9.05 Å². The zero-order chi connectivity index (χ0) is 12.6. The molecule has 0 bridgehead atoms. The number of hydrogen-bond donors (Lipinski definition) is 0. The first kappa shape index (κ1) is 12.3. The van der Waals surface area contributed by atoms with E-state index in [-0.39, 0.29) is 10.8 Å². The summed E-state index contributed by atoms with van der Waals surface area (Å²) in [5.41, 5.74) is 0.735. The fraction of sp³-hybridized carbons (Fsp3) is 0.250.